The van der Waals surface area contributed by atoms with Crippen molar-refractivity contribution in [3.8, 4) is 5.75 Å². The summed E-state index contributed by atoms with van der Waals surface area (Å²) < 4.78 is 6.11. The van der Waals surface area contributed by atoms with Crippen molar-refractivity contribution in [3.05, 3.63) is 131 Å². The largest absolute Gasteiger partial charge is 0.488 e. The van der Waals surface area contributed by atoms with Crippen LogP contribution < -0.4 is 14.5 Å². The van der Waals surface area contributed by atoms with Gasteiger partial charge in [-0.1, -0.05) is 84.4 Å². The minimum Gasteiger partial charge on any atom is -0.488 e. The van der Waals surface area contributed by atoms with Crippen molar-refractivity contribution in [2.24, 2.45) is 0 Å². The lowest BCUT2D eigenvalue weighted by atomic mass is 10.0. The fourth-order valence-electron chi connectivity index (χ4n) is 4.19. The first-order chi connectivity index (χ1) is 18.0. The third-order valence-electron chi connectivity index (χ3n) is 5.97. The smallest absolute Gasteiger partial charge is 0.270 e. The lowest BCUT2D eigenvalue weighted by Crippen LogP contribution is -2.56. The van der Waals surface area contributed by atoms with Crippen LogP contribution in [0.2, 0.25) is 0 Å². The van der Waals surface area contributed by atoms with Crippen LogP contribution in [0, 0.1) is 6.92 Å². The molecule has 4 aromatic rings. The molecule has 1 saturated heterocycles. The Bertz CT molecular complexity index is 1440. The number of hydrogen-bond donors (Lipinski definition) is 0. The fourth-order valence-corrected chi connectivity index (χ4v) is 4.57. The highest BCUT2D eigenvalue weighted by Crippen LogP contribution is 2.31. The second-order valence-electron chi connectivity index (χ2n) is 8.61. The number of thiocarbonyl (C=S) groups is 1. The summed E-state index contributed by atoms with van der Waals surface area (Å²) in [5, 5.41) is 0.105. The maximum absolute atomic E-state index is 13.7. The van der Waals surface area contributed by atoms with E-state index in [0.717, 1.165) is 11.1 Å². The summed E-state index contributed by atoms with van der Waals surface area (Å²) in [7, 11) is 0. The summed E-state index contributed by atoms with van der Waals surface area (Å²) in [6, 6.07) is 33.6. The van der Waals surface area contributed by atoms with Crippen molar-refractivity contribution >= 4 is 46.6 Å². The Balaban J connectivity index is 1.55. The number of hydrogen-bond acceptors (Lipinski definition) is 4. The minimum atomic E-state index is -0.484. The van der Waals surface area contributed by atoms with Gasteiger partial charge in [-0.3, -0.25) is 19.4 Å². The molecule has 6 heteroatoms. The molecule has 4 aromatic carbocycles. The first-order valence-corrected chi connectivity index (χ1v) is 12.3. The molecule has 5 nitrogen and oxygen atoms in total. The van der Waals surface area contributed by atoms with E-state index >= 15 is 0 Å². The predicted molar refractivity (Wildman–Crippen MR) is 150 cm³/mol. The summed E-state index contributed by atoms with van der Waals surface area (Å²) in [5.41, 5.74) is 3.96. The van der Waals surface area contributed by atoms with E-state index in [9.17, 15) is 9.59 Å². The van der Waals surface area contributed by atoms with Crippen LogP contribution in [0.4, 0.5) is 11.4 Å². The maximum atomic E-state index is 13.7. The van der Waals surface area contributed by atoms with Crippen LogP contribution >= 0.6 is 12.2 Å². The van der Waals surface area contributed by atoms with Crippen LogP contribution in [0.5, 0.6) is 5.75 Å². The Morgan fingerprint density at radius 2 is 1.30 bits per heavy atom. The van der Waals surface area contributed by atoms with Crippen molar-refractivity contribution in [2.45, 2.75) is 13.5 Å². The Morgan fingerprint density at radius 1 is 0.730 bits per heavy atom. The van der Waals surface area contributed by atoms with Crippen LogP contribution in [0.3, 0.4) is 0 Å². The lowest BCUT2D eigenvalue weighted by Gasteiger charge is -2.36. The highest BCUT2D eigenvalue weighted by molar-refractivity contribution is 7.81. The fraction of sp³-hybridized carbons (Fsp3) is 0.0645. The molecule has 1 fully saturated rings. The normalized spacial score (nSPS) is 13.6. The quantitative estimate of drug-likeness (QED) is 0.175. The molecule has 2 amide bonds. The number of amides is 2. The monoisotopic (exact) mass is 504 g/mol. The van der Waals surface area contributed by atoms with E-state index in [1.54, 1.807) is 30.3 Å². The van der Waals surface area contributed by atoms with Gasteiger partial charge in [0.2, 0.25) is 0 Å². The molecule has 0 radical (unpaired) electrons. The molecule has 0 aliphatic carbocycles. The van der Waals surface area contributed by atoms with E-state index in [4.69, 9.17) is 17.0 Å². The SMILES string of the molecule is Cc1cccc(COc2ccccc2C=C2C(=O)N(c3ccccc3)C(=S)N(c3ccccc3)C2=O)c1. The van der Waals surface area contributed by atoms with Crippen LogP contribution in [0.1, 0.15) is 16.7 Å². The Labute approximate surface area is 221 Å². The first-order valence-electron chi connectivity index (χ1n) is 11.8. The molecule has 0 atom stereocenters. The van der Waals surface area contributed by atoms with Crippen LogP contribution in [0.25, 0.3) is 6.08 Å². The number of nitrogens with zero attached hydrogens (tertiary/aromatic N) is 2. The number of rotatable bonds is 6. The van der Waals surface area contributed by atoms with Gasteiger partial charge in [0.05, 0.1) is 11.4 Å². The third kappa shape index (κ3) is 5.06. The summed E-state index contributed by atoms with van der Waals surface area (Å²) in [5.74, 6) is -0.397. The summed E-state index contributed by atoms with van der Waals surface area (Å²) in [6.07, 6.45) is 1.59. The predicted octanol–water partition coefficient (Wildman–Crippen LogP) is 6.32. The van der Waals surface area contributed by atoms with Crippen LogP contribution in [-0.2, 0) is 16.2 Å². The number of carbonyl (C=O) groups is 2. The standard InChI is InChI=1S/C31H24N2O3S/c1-22-11-10-12-23(19-22)21-36-28-18-9-8-13-24(28)20-27-29(34)32(25-14-4-2-5-15-25)31(37)33(30(27)35)26-16-6-3-7-17-26/h2-20H,21H2,1H3. The third-order valence-corrected chi connectivity index (χ3v) is 6.34. The molecule has 1 heterocycles. The average molecular weight is 505 g/mol. The van der Waals surface area contributed by atoms with Gasteiger partial charge >= 0.3 is 0 Å². The number of benzene rings is 4. The highest BCUT2D eigenvalue weighted by atomic mass is 32.1. The van der Waals surface area contributed by atoms with Crippen molar-refractivity contribution in [1.82, 2.24) is 0 Å². The number of ether oxygens (including phenoxy) is 1. The molecule has 0 spiro atoms. The number of carbonyl (C=O) groups excluding carboxylic acids is 2. The van der Waals surface area contributed by atoms with Gasteiger partial charge < -0.3 is 4.74 Å². The molecule has 0 saturated carbocycles. The minimum absolute atomic E-state index is 0.00656. The zero-order chi connectivity index (χ0) is 25.8. The average Bonchev–Trinajstić information content (AvgIpc) is 2.92. The van der Waals surface area contributed by atoms with Crippen LogP contribution in [0.15, 0.2) is 115 Å². The molecule has 0 unspecified atom stereocenters. The van der Waals surface area contributed by atoms with E-state index in [1.807, 2.05) is 85.8 Å². The van der Waals surface area contributed by atoms with Gasteiger partial charge in [-0.05, 0) is 61.1 Å². The first kappa shape index (κ1) is 24.2. The van der Waals surface area contributed by atoms with E-state index in [1.165, 1.54) is 9.80 Å². The van der Waals surface area contributed by atoms with Crippen LogP contribution in [-0.4, -0.2) is 16.9 Å². The maximum Gasteiger partial charge on any atom is 0.270 e. The summed E-state index contributed by atoms with van der Waals surface area (Å²) in [6.45, 7) is 2.39. The van der Waals surface area contributed by atoms with Crippen molar-refractivity contribution in [3.63, 3.8) is 0 Å². The van der Waals surface area contributed by atoms with Gasteiger partial charge in [0.15, 0.2) is 5.11 Å². The highest BCUT2D eigenvalue weighted by Gasteiger charge is 2.41. The molecule has 1 aliphatic rings. The number of para-hydroxylation sites is 3. The molecule has 0 N–H and O–H groups in total. The Morgan fingerprint density at radius 3 is 1.89 bits per heavy atom. The van der Waals surface area contributed by atoms with E-state index < -0.39 is 11.8 Å². The molecular weight excluding hydrogens is 480 g/mol. The lowest BCUT2D eigenvalue weighted by molar-refractivity contribution is -0.120. The van der Waals surface area contributed by atoms with Gasteiger partial charge in [0.25, 0.3) is 11.8 Å². The van der Waals surface area contributed by atoms with Gasteiger partial charge in [0, 0.05) is 5.56 Å². The molecule has 0 aromatic heterocycles. The van der Waals surface area contributed by atoms with Gasteiger partial charge in [0.1, 0.15) is 17.9 Å². The summed E-state index contributed by atoms with van der Waals surface area (Å²) in [4.78, 5) is 30.3. The summed E-state index contributed by atoms with van der Waals surface area (Å²) >= 11 is 5.67. The molecular formula is C31H24N2O3S. The Hall–Kier alpha value is -4.55. The molecule has 182 valence electrons. The number of aryl methyl sites for hydroxylation is 1. The van der Waals surface area contributed by atoms with Crippen molar-refractivity contribution < 1.29 is 14.3 Å². The van der Waals surface area contributed by atoms with Crippen molar-refractivity contribution in [2.75, 3.05) is 9.80 Å². The second-order valence-corrected chi connectivity index (χ2v) is 8.97. The zero-order valence-electron chi connectivity index (χ0n) is 20.2. The van der Waals surface area contributed by atoms with E-state index in [0.29, 0.717) is 29.3 Å². The van der Waals surface area contributed by atoms with Crippen molar-refractivity contribution in [1.29, 1.82) is 0 Å². The molecule has 37 heavy (non-hydrogen) atoms. The van der Waals surface area contributed by atoms with Gasteiger partial charge in [-0.25, -0.2) is 0 Å². The van der Waals surface area contributed by atoms with E-state index in [2.05, 4.69) is 6.07 Å². The van der Waals surface area contributed by atoms with E-state index in [-0.39, 0.29) is 10.7 Å². The van der Waals surface area contributed by atoms with Gasteiger partial charge in [-0.2, -0.15) is 0 Å². The Kier molecular flexibility index (Phi) is 6.92. The topological polar surface area (TPSA) is 49.9 Å². The molecule has 0 bridgehead atoms. The second kappa shape index (κ2) is 10.6. The number of anilines is 2. The molecule has 5 rings (SSSR count). The van der Waals surface area contributed by atoms with Gasteiger partial charge in [-0.15, -0.1) is 0 Å². The molecule has 1 aliphatic heterocycles. The zero-order valence-corrected chi connectivity index (χ0v) is 21.0.